The average molecular weight is 273 g/mol. The molecule has 0 aliphatic rings. The Hall–Kier alpha value is -1.10. The number of rotatable bonds is 8. The normalized spacial score (nSPS) is 14.3. The highest BCUT2D eigenvalue weighted by molar-refractivity contribution is 5.83. The Balaban J connectivity index is 4.55. The molecular weight excluding hydrogens is 246 g/mol. The van der Waals surface area contributed by atoms with E-state index in [1.165, 1.54) is 7.11 Å². The van der Waals surface area contributed by atoms with Crippen molar-refractivity contribution in [1.82, 2.24) is 5.32 Å². The van der Waals surface area contributed by atoms with Gasteiger partial charge in [0.15, 0.2) is 0 Å². The molecular formula is C14H27NO4. The molecule has 0 aromatic carbocycles. The highest BCUT2D eigenvalue weighted by atomic mass is 16.5. The van der Waals surface area contributed by atoms with Crippen molar-refractivity contribution in [2.45, 2.75) is 34.6 Å². The lowest BCUT2D eigenvalue weighted by Crippen LogP contribution is -2.46. The number of ether oxygens (including phenoxy) is 2. The summed E-state index contributed by atoms with van der Waals surface area (Å²) < 4.78 is 10.2. The zero-order valence-electron chi connectivity index (χ0n) is 12.9. The molecule has 19 heavy (non-hydrogen) atoms. The van der Waals surface area contributed by atoms with Crippen LogP contribution in [0.5, 0.6) is 0 Å². The lowest BCUT2D eigenvalue weighted by molar-refractivity contribution is -0.155. The molecule has 1 unspecified atom stereocenters. The summed E-state index contributed by atoms with van der Waals surface area (Å²) >= 11 is 0. The molecule has 0 aromatic rings. The third kappa shape index (κ3) is 6.57. The SMILES string of the molecule is COCC(C)(COC(=O)C(C)C)C(=O)NCC(C)C. The minimum atomic E-state index is -0.853. The molecule has 112 valence electrons. The fourth-order valence-electron chi connectivity index (χ4n) is 1.40. The molecule has 0 aromatic heterocycles. The predicted octanol–water partition coefficient (Wildman–Crippen LogP) is 1.61. The topological polar surface area (TPSA) is 64.6 Å². The van der Waals surface area contributed by atoms with Crippen LogP contribution in [-0.4, -0.2) is 38.7 Å². The highest BCUT2D eigenvalue weighted by Gasteiger charge is 2.35. The maximum Gasteiger partial charge on any atom is 0.308 e. The second-order valence-electron chi connectivity index (χ2n) is 5.86. The predicted molar refractivity (Wildman–Crippen MR) is 73.6 cm³/mol. The van der Waals surface area contributed by atoms with Gasteiger partial charge in [0.05, 0.1) is 12.5 Å². The van der Waals surface area contributed by atoms with Gasteiger partial charge in [-0.15, -0.1) is 0 Å². The summed E-state index contributed by atoms with van der Waals surface area (Å²) in [4.78, 5) is 23.6. The molecule has 1 N–H and O–H groups in total. The van der Waals surface area contributed by atoms with Crippen molar-refractivity contribution in [3.63, 3.8) is 0 Å². The largest absolute Gasteiger partial charge is 0.464 e. The number of carbonyl (C=O) groups excluding carboxylic acids is 2. The van der Waals surface area contributed by atoms with Crippen molar-refractivity contribution >= 4 is 11.9 Å². The van der Waals surface area contributed by atoms with Crippen LogP contribution in [0.2, 0.25) is 0 Å². The molecule has 5 nitrogen and oxygen atoms in total. The second kappa shape index (κ2) is 8.15. The van der Waals surface area contributed by atoms with Crippen LogP contribution < -0.4 is 5.32 Å². The summed E-state index contributed by atoms with van der Waals surface area (Å²) in [5.74, 6) is -0.293. The van der Waals surface area contributed by atoms with Crippen LogP contribution >= 0.6 is 0 Å². The van der Waals surface area contributed by atoms with Crippen LogP contribution in [0.1, 0.15) is 34.6 Å². The molecule has 0 rings (SSSR count). The number of hydrogen-bond acceptors (Lipinski definition) is 4. The number of amides is 1. The molecule has 0 saturated heterocycles. The van der Waals surface area contributed by atoms with E-state index >= 15 is 0 Å². The van der Waals surface area contributed by atoms with E-state index in [2.05, 4.69) is 5.32 Å². The molecule has 5 heteroatoms. The molecule has 0 heterocycles. The van der Waals surface area contributed by atoms with E-state index in [9.17, 15) is 9.59 Å². The lowest BCUT2D eigenvalue weighted by atomic mass is 9.91. The van der Waals surface area contributed by atoms with Crippen molar-refractivity contribution in [2.24, 2.45) is 17.3 Å². The van der Waals surface area contributed by atoms with E-state index in [0.717, 1.165) is 0 Å². The van der Waals surface area contributed by atoms with E-state index in [1.807, 2.05) is 13.8 Å². The van der Waals surface area contributed by atoms with Gasteiger partial charge in [-0.1, -0.05) is 27.7 Å². The molecule has 1 amide bonds. The molecule has 0 saturated carbocycles. The monoisotopic (exact) mass is 273 g/mol. The molecule has 0 spiro atoms. The molecule has 1 atom stereocenters. The fourth-order valence-corrected chi connectivity index (χ4v) is 1.40. The zero-order valence-corrected chi connectivity index (χ0v) is 12.9. The van der Waals surface area contributed by atoms with Crippen molar-refractivity contribution < 1.29 is 19.1 Å². The van der Waals surface area contributed by atoms with E-state index in [-0.39, 0.29) is 31.0 Å². The van der Waals surface area contributed by atoms with Crippen LogP contribution in [0, 0.1) is 17.3 Å². The minimum Gasteiger partial charge on any atom is -0.464 e. The van der Waals surface area contributed by atoms with Crippen LogP contribution in [-0.2, 0) is 19.1 Å². The Morgan fingerprint density at radius 1 is 1.16 bits per heavy atom. The van der Waals surface area contributed by atoms with Gasteiger partial charge in [0.1, 0.15) is 12.0 Å². The number of hydrogen-bond donors (Lipinski definition) is 1. The maximum atomic E-state index is 12.2. The summed E-state index contributed by atoms with van der Waals surface area (Å²) in [7, 11) is 1.53. The van der Waals surface area contributed by atoms with E-state index < -0.39 is 5.41 Å². The third-order valence-electron chi connectivity index (χ3n) is 2.69. The standard InChI is InChI=1S/C14H27NO4/c1-10(2)7-15-13(17)14(5,8-18-6)9-19-12(16)11(3)4/h10-11H,7-9H2,1-6H3,(H,15,17). The average Bonchev–Trinajstić information content (AvgIpc) is 2.32. The lowest BCUT2D eigenvalue weighted by Gasteiger charge is -2.27. The van der Waals surface area contributed by atoms with E-state index in [1.54, 1.807) is 20.8 Å². The highest BCUT2D eigenvalue weighted by Crippen LogP contribution is 2.18. The van der Waals surface area contributed by atoms with Crippen molar-refractivity contribution in [3.05, 3.63) is 0 Å². The van der Waals surface area contributed by atoms with Gasteiger partial charge in [0, 0.05) is 13.7 Å². The Bertz CT molecular complexity index is 302. The third-order valence-corrected chi connectivity index (χ3v) is 2.69. The number of esters is 1. The first-order chi connectivity index (χ1) is 8.73. The quantitative estimate of drug-likeness (QED) is 0.682. The number of methoxy groups -OCH3 is 1. The molecule has 0 aliphatic carbocycles. The van der Waals surface area contributed by atoms with Crippen LogP contribution in [0.15, 0.2) is 0 Å². The van der Waals surface area contributed by atoms with Crippen LogP contribution in [0.4, 0.5) is 0 Å². The maximum absolute atomic E-state index is 12.2. The Kier molecular flexibility index (Phi) is 7.68. The van der Waals surface area contributed by atoms with Gasteiger partial charge in [-0.05, 0) is 12.8 Å². The fraction of sp³-hybridized carbons (Fsp3) is 0.857. The summed E-state index contributed by atoms with van der Waals surface area (Å²) in [6, 6.07) is 0. The summed E-state index contributed by atoms with van der Waals surface area (Å²) in [6.07, 6.45) is 0. The first-order valence-corrected chi connectivity index (χ1v) is 6.66. The summed E-state index contributed by atoms with van der Waals surface area (Å²) in [5, 5.41) is 2.85. The minimum absolute atomic E-state index is 0.0295. The molecule has 0 bridgehead atoms. The number of nitrogens with one attached hydrogen (secondary N) is 1. The van der Waals surface area contributed by atoms with Crippen molar-refractivity contribution in [1.29, 1.82) is 0 Å². The Morgan fingerprint density at radius 2 is 1.74 bits per heavy atom. The van der Waals surface area contributed by atoms with Gasteiger partial charge in [-0.25, -0.2) is 0 Å². The van der Waals surface area contributed by atoms with Gasteiger partial charge in [0.2, 0.25) is 5.91 Å². The van der Waals surface area contributed by atoms with Crippen molar-refractivity contribution in [2.75, 3.05) is 26.9 Å². The van der Waals surface area contributed by atoms with Gasteiger partial charge in [-0.3, -0.25) is 9.59 Å². The Labute approximate surface area is 116 Å². The van der Waals surface area contributed by atoms with E-state index in [4.69, 9.17) is 9.47 Å². The zero-order chi connectivity index (χ0) is 15.1. The van der Waals surface area contributed by atoms with Gasteiger partial charge < -0.3 is 14.8 Å². The van der Waals surface area contributed by atoms with Gasteiger partial charge in [0.25, 0.3) is 0 Å². The van der Waals surface area contributed by atoms with Crippen LogP contribution in [0.25, 0.3) is 0 Å². The van der Waals surface area contributed by atoms with Gasteiger partial charge in [-0.2, -0.15) is 0 Å². The van der Waals surface area contributed by atoms with Crippen LogP contribution in [0.3, 0.4) is 0 Å². The molecule has 0 fully saturated rings. The number of carbonyl (C=O) groups is 2. The molecule has 0 aliphatic heterocycles. The van der Waals surface area contributed by atoms with Crippen molar-refractivity contribution in [3.8, 4) is 0 Å². The summed E-state index contributed by atoms with van der Waals surface area (Å²) in [5.41, 5.74) is -0.853. The van der Waals surface area contributed by atoms with Gasteiger partial charge >= 0.3 is 5.97 Å². The summed E-state index contributed by atoms with van der Waals surface area (Å²) in [6.45, 7) is 10.1. The Morgan fingerprint density at radius 3 is 2.16 bits per heavy atom. The first kappa shape index (κ1) is 17.9. The smallest absolute Gasteiger partial charge is 0.308 e. The molecule has 0 radical (unpaired) electrons. The second-order valence-corrected chi connectivity index (χ2v) is 5.86. The van der Waals surface area contributed by atoms with E-state index in [0.29, 0.717) is 12.5 Å². The first-order valence-electron chi connectivity index (χ1n) is 6.66.